The third-order valence-electron chi connectivity index (χ3n) is 1.87. The fourth-order valence-corrected chi connectivity index (χ4v) is 1.32. The van der Waals surface area contributed by atoms with Crippen LogP contribution in [0.15, 0.2) is 6.20 Å². The number of nitrogens with zero attached hydrogens (tertiary/aromatic N) is 2. The molecule has 84 valence electrons. The van der Waals surface area contributed by atoms with E-state index >= 15 is 0 Å². The van der Waals surface area contributed by atoms with Crippen molar-refractivity contribution in [2.45, 2.75) is 19.4 Å². The van der Waals surface area contributed by atoms with Crippen molar-refractivity contribution in [3.05, 3.63) is 11.8 Å². The molecule has 1 aromatic heterocycles. The highest BCUT2D eigenvalue weighted by Gasteiger charge is 2.22. The van der Waals surface area contributed by atoms with Crippen LogP contribution >= 0.6 is 0 Å². The molecule has 0 atom stereocenters. The summed E-state index contributed by atoms with van der Waals surface area (Å²) in [6.07, 6.45) is 1.37. The third-order valence-corrected chi connectivity index (χ3v) is 1.87. The molecular formula is C9H16N4O2. The van der Waals surface area contributed by atoms with E-state index in [2.05, 4.69) is 10.2 Å². The SMILES string of the molecule is CN(CC(C)(C)O)C(=O)c1cn[nH]c1N. The number of hydrogen-bond donors (Lipinski definition) is 3. The number of aromatic nitrogens is 2. The van der Waals surface area contributed by atoms with Crippen molar-refractivity contribution >= 4 is 11.7 Å². The summed E-state index contributed by atoms with van der Waals surface area (Å²) in [6.45, 7) is 3.50. The van der Waals surface area contributed by atoms with Crippen LogP contribution in [0.3, 0.4) is 0 Å². The Morgan fingerprint density at radius 1 is 1.73 bits per heavy atom. The molecule has 0 aliphatic rings. The lowest BCUT2D eigenvalue weighted by atomic mass is 10.1. The van der Waals surface area contributed by atoms with Crippen LogP contribution in [0.4, 0.5) is 5.82 Å². The lowest BCUT2D eigenvalue weighted by molar-refractivity contribution is 0.0368. The second-order valence-electron chi connectivity index (χ2n) is 4.17. The number of nitrogens with two attached hydrogens (primary N) is 1. The molecule has 0 aliphatic heterocycles. The summed E-state index contributed by atoms with van der Waals surface area (Å²) in [6, 6.07) is 0. The van der Waals surface area contributed by atoms with Gasteiger partial charge < -0.3 is 15.7 Å². The molecule has 0 spiro atoms. The van der Waals surface area contributed by atoms with Gasteiger partial charge >= 0.3 is 0 Å². The molecule has 1 heterocycles. The number of amides is 1. The van der Waals surface area contributed by atoms with Gasteiger partial charge in [-0.05, 0) is 13.8 Å². The van der Waals surface area contributed by atoms with Crippen LogP contribution in [-0.4, -0.2) is 45.3 Å². The number of H-pyrrole nitrogens is 1. The second kappa shape index (κ2) is 3.90. The highest BCUT2D eigenvalue weighted by atomic mass is 16.3. The Morgan fingerprint density at radius 3 is 2.73 bits per heavy atom. The Balaban J connectivity index is 2.74. The van der Waals surface area contributed by atoms with E-state index in [4.69, 9.17) is 5.73 Å². The number of anilines is 1. The maximum Gasteiger partial charge on any atom is 0.259 e. The maximum atomic E-state index is 11.8. The minimum atomic E-state index is -0.928. The fourth-order valence-electron chi connectivity index (χ4n) is 1.32. The molecule has 0 fully saturated rings. The normalized spacial score (nSPS) is 11.5. The molecule has 1 rings (SSSR count). The first-order chi connectivity index (χ1) is 6.81. The van der Waals surface area contributed by atoms with E-state index in [0.29, 0.717) is 5.56 Å². The molecule has 15 heavy (non-hydrogen) atoms. The molecule has 0 unspecified atom stereocenters. The van der Waals surface area contributed by atoms with Gasteiger partial charge in [0.05, 0.1) is 11.8 Å². The van der Waals surface area contributed by atoms with Crippen LogP contribution in [0.25, 0.3) is 0 Å². The van der Waals surface area contributed by atoms with Gasteiger partial charge in [-0.15, -0.1) is 0 Å². The van der Waals surface area contributed by atoms with Crippen molar-refractivity contribution in [1.82, 2.24) is 15.1 Å². The van der Waals surface area contributed by atoms with Crippen LogP contribution < -0.4 is 5.73 Å². The number of aromatic amines is 1. The van der Waals surface area contributed by atoms with E-state index in [0.717, 1.165) is 0 Å². The van der Waals surface area contributed by atoms with E-state index < -0.39 is 5.60 Å². The first-order valence-corrected chi connectivity index (χ1v) is 4.58. The molecular weight excluding hydrogens is 196 g/mol. The minimum Gasteiger partial charge on any atom is -0.389 e. The number of nitrogen functional groups attached to an aromatic ring is 1. The summed E-state index contributed by atoms with van der Waals surface area (Å²) < 4.78 is 0. The first kappa shape index (κ1) is 11.5. The monoisotopic (exact) mass is 212 g/mol. The quantitative estimate of drug-likeness (QED) is 0.648. The fraction of sp³-hybridized carbons (Fsp3) is 0.556. The molecule has 0 radical (unpaired) electrons. The smallest absolute Gasteiger partial charge is 0.259 e. The topological polar surface area (TPSA) is 95.2 Å². The minimum absolute atomic E-state index is 0.233. The highest BCUT2D eigenvalue weighted by Crippen LogP contribution is 2.11. The predicted molar refractivity (Wildman–Crippen MR) is 56.3 cm³/mol. The molecule has 0 saturated heterocycles. The van der Waals surface area contributed by atoms with Gasteiger partial charge in [0, 0.05) is 13.6 Å². The average Bonchev–Trinajstić information content (AvgIpc) is 2.47. The molecule has 0 saturated carbocycles. The summed E-state index contributed by atoms with van der Waals surface area (Å²) in [4.78, 5) is 13.2. The number of aliphatic hydroxyl groups is 1. The Morgan fingerprint density at radius 2 is 2.33 bits per heavy atom. The Bertz CT molecular complexity index is 353. The van der Waals surface area contributed by atoms with Gasteiger partial charge in [0.25, 0.3) is 5.91 Å². The van der Waals surface area contributed by atoms with Gasteiger partial charge in [-0.3, -0.25) is 9.89 Å². The van der Waals surface area contributed by atoms with Crippen LogP contribution in [0, 0.1) is 0 Å². The summed E-state index contributed by atoms with van der Waals surface area (Å²) in [5, 5.41) is 15.7. The van der Waals surface area contributed by atoms with Crippen molar-refractivity contribution in [2.24, 2.45) is 0 Å². The lowest BCUT2D eigenvalue weighted by Gasteiger charge is -2.25. The zero-order valence-electron chi connectivity index (χ0n) is 9.11. The van der Waals surface area contributed by atoms with Crippen LogP contribution in [-0.2, 0) is 0 Å². The number of likely N-dealkylation sites (N-methyl/N-ethyl adjacent to an activating group) is 1. The Hall–Kier alpha value is -1.56. The van der Waals surface area contributed by atoms with Gasteiger partial charge in [0.15, 0.2) is 0 Å². The summed E-state index contributed by atoms with van der Waals surface area (Å²) >= 11 is 0. The van der Waals surface area contributed by atoms with Crippen molar-refractivity contribution in [1.29, 1.82) is 0 Å². The molecule has 0 aliphatic carbocycles. The number of rotatable bonds is 3. The van der Waals surface area contributed by atoms with Crippen LogP contribution in [0.2, 0.25) is 0 Å². The molecule has 6 heteroatoms. The summed E-state index contributed by atoms with van der Waals surface area (Å²) in [7, 11) is 1.60. The van der Waals surface area contributed by atoms with E-state index in [1.54, 1.807) is 20.9 Å². The number of nitrogens with one attached hydrogen (secondary N) is 1. The lowest BCUT2D eigenvalue weighted by Crippen LogP contribution is -2.39. The van der Waals surface area contributed by atoms with E-state index in [1.807, 2.05) is 0 Å². The largest absolute Gasteiger partial charge is 0.389 e. The van der Waals surface area contributed by atoms with Gasteiger partial charge in [-0.1, -0.05) is 0 Å². The van der Waals surface area contributed by atoms with Crippen molar-refractivity contribution in [2.75, 3.05) is 19.3 Å². The molecule has 1 amide bonds. The van der Waals surface area contributed by atoms with Gasteiger partial charge in [-0.2, -0.15) is 5.10 Å². The maximum absolute atomic E-state index is 11.8. The summed E-state index contributed by atoms with van der Waals surface area (Å²) in [5.74, 6) is -0.0222. The predicted octanol–water partition coefficient (Wildman–Crippen LogP) is -0.165. The van der Waals surface area contributed by atoms with Gasteiger partial charge in [0.1, 0.15) is 11.4 Å². The standard InChI is InChI=1S/C9H16N4O2/c1-9(2,15)5-13(3)8(14)6-4-11-12-7(6)10/h4,15H,5H2,1-3H3,(H3,10,11,12). The molecule has 0 bridgehead atoms. The van der Waals surface area contributed by atoms with E-state index in [1.165, 1.54) is 11.1 Å². The van der Waals surface area contributed by atoms with Gasteiger partial charge in [-0.25, -0.2) is 0 Å². The number of carbonyl (C=O) groups is 1. The van der Waals surface area contributed by atoms with Crippen molar-refractivity contribution < 1.29 is 9.90 Å². The Labute approximate surface area is 88.1 Å². The zero-order valence-corrected chi connectivity index (χ0v) is 9.11. The molecule has 1 aromatic rings. The third kappa shape index (κ3) is 2.95. The number of carbonyl (C=O) groups excluding carboxylic acids is 1. The highest BCUT2D eigenvalue weighted by molar-refractivity contribution is 5.97. The average molecular weight is 212 g/mol. The summed E-state index contributed by atoms with van der Waals surface area (Å²) in [5.41, 5.74) is 4.91. The first-order valence-electron chi connectivity index (χ1n) is 4.58. The molecule has 0 aromatic carbocycles. The molecule has 4 N–H and O–H groups in total. The van der Waals surface area contributed by atoms with Crippen LogP contribution in [0.5, 0.6) is 0 Å². The second-order valence-corrected chi connectivity index (χ2v) is 4.17. The van der Waals surface area contributed by atoms with Crippen molar-refractivity contribution in [3.63, 3.8) is 0 Å². The molecule has 6 nitrogen and oxygen atoms in total. The Kier molecular flexibility index (Phi) is 2.99. The van der Waals surface area contributed by atoms with E-state index in [-0.39, 0.29) is 18.3 Å². The van der Waals surface area contributed by atoms with E-state index in [9.17, 15) is 9.90 Å². The zero-order chi connectivity index (χ0) is 11.6. The van der Waals surface area contributed by atoms with Gasteiger partial charge in [0.2, 0.25) is 0 Å². The number of hydrogen-bond acceptors (Lipinski definition) is 4. The van der Waals surface area contributed by atoms with Crippen LogP contribution in [0.1, 0.15) is 24.2 Å². The van der Waals surface area contributed by atoms with Crippen molar-refractivity contribution in [3.8, 4) is 0 Å².